The van der Waals surface area contributed by atoms with Crippen LogP contribution in [0, 0.1) is 28.9 Å². The maximum Gasteiger partial charge on any atom is 0.329 e. The Morgan fingerprint density at radius 3 is 2.43 bits per heavy atom. The monoisotopic (exact) mass is 573 g/mol. The summed E-state index contributed by atoms with van der Waals surface area (Å²) < 4.78 is 0. The maximum absolute atomic E-state index is 12.2. The lowest BCUT2D eigenvalue weighted by Crippen LogP contribution is -2.25. The number of nitro groups is 1. The average molecular weight is 574 g/mol. The molecule has 0 radical (unpaired) electrons. The molecule has 0 bridgehead atoms. The summed E-state index contributed by atoms with van der Waals surface area (Å²) in [4.78, 5) is 31.9. The summed E-state index contributed by atoms with van der Waals surface area (Å²) in [5.41, 5.74) is 10.4. The minimum atomic E-state index is -0.453. The van der Waals surface area contributed by atoms with Crippen molar-refractivity contribution in [1.29, 1.82) is 0 Å². The van der Waals surface area contributed by atoms with Crippen LogP contribution in [-0.2, 0) is 24.2 Å². The Labute approximate surface area is 248 Å². The summed E-state index contributed by atoms with van der Waals surface area (Å²) in [5, 5.41) is 20.9. The molecule has 1 amide bonds. The Balaban J connectivity index is 1.19. The van der Waals surface area contributed by atoms with Gasteiger partial charge in [0.25, 0.3) is 0 Å². The van der Waals surface area contributed by atoms with Crippen molar-refractivity contribution < 1.29 is 9.72 Å². The molecule has 3 aromatic rings. The van der Waals surface area contributed by atoms with Crippen LogP contribution in [0.1, 0.15) is 60.8 Å². The first-order valence-electron chi connectivity index (χ1n) is 15.0. The number of benzene rings is 2. The zero-order valence-electron chi connectivity index (χ0n) is 24.5. The van der Waals surface area contributed by atoms with Gasteiger partial charge in [0.15, 0.2) is 0 Å². The quantitative estimate of drug-likeness (QED) is 0.144. The SMILES string of the molecule is Cc1ccccc1CCNC(=O)CCCc1ccc(CNc2ncc([N+](=O)[O-])c(NCC3CCC(CN)CC3)n2)cc1. The van der Waals surface area contributed by atoms with Crippen molar-refractivity contribution in [3.63, 3.8) is 0 Å². The minimum Gasteiger partial charge on any atom is -0.364 e. The van der Waals surface area contributed by atoms with E-state index < -0.39 is 4.92 Å². The number of hydrogen-bond acceptors (Lipinski definition) is 8. The van der Waals surface area contributed by atoms with Gasteiger partial charge in [-0.2, -0.15) is 4.98 Å². The third-order valence-corrected chi connectivity index (χ3v) is 8.14. The molecular weight excluding hydrogens is 530 g/mol. The molecule has 0 spiro atoms. The Hall–Kier alpha value is -4.05. The van der Waals surface area contributed by atoms with Crippen molar-refractivity contribution in [3.8, 4) is 0 Å². The number of carbonyl (C=O) groups excluding carboxylic acids is 1. The van der Waals surface area contributed by atoms with Gasteiger partial charge < -0.3 is 21.7 Å². The predicted octanol–water partition coefficient (Wildman–Crippen LogP) is 5.16. The number of nitrogens with two attached hydrogens (primary N) is 1. The molecule has 0 atom stereocenters. The highest BCUT2D eigenvalue weighted by Gasteiger charge is 2.22. The fraction of sp³-hybridized carbons (Fsp3) is 0.469. The van der Waals surface area contributed by atoms with E-state index in [-0.39, 0.29) is 17.4 Å². The van der Waals surface area contributed by atoms with Crippen molar-refractivity contribution in [1.82, 2.24) is 15.3 Å². The van der Waals surface area contributed by atoms with Gasteiger partial charge in [0.1, 0.15) is 6.20 Å². The molecule has 5 N–H and O–H groups in total. The third-order valence-electron chi connectivity index (χ3n) is 8.14. The van der Waals surface area contributed by atoms with Crippen molar-refractivity contribution in [3.05, 3.63) is 87.1 Å². The lowest BCUT2D eigenvalue weighted by Gasteiger charge is -2.27. The molecule has 1 saturated carbocycles. The summed E-state index contributed by atoms with van der Waals surface area (Å²) in [6.07, 6.45) is 8.54. The zero-order chi connectivity index (χ0) is 29.7. The van der Waals surface area contributed by atoms with Crippen molar-refractivity contribution in [2.24, 2.45) is 17.6 Å². The van der Waals surface area contributed by atoms with Crippen LogP contribution in [0.3, 0.4) is 0 Å². The first-order chi connectivity index (χ1) is 20.4. The van der Waals surface area contributed by atoms with Crippen LogP contribution < -0.4 is 21.7 Å². The van der Waals surface area contributed by atoms with Crippen LogP contribution >= 0.6 is 0 Å². The summed E-state index contributed by atoms with van der Waals surface area (Å²) in [6.45, 7) is 4.60. The summed E-state index contributed by atoms with van der Waals surface area (Å²) in [5.74, 6) is 1.71. The van der Waals surface area contributed by atoms with E-state index in [1.807, 2.05) is 24.3 Å². The van der Waals surface area contributed by atoms with Gasteiger partial charge in [-0.1, -0.05) is 48.5 Å². The van der Waals surface area contributed by atoms with E-state index in [0.717, 1.165) is 57.1 Å². The standard InChI is InChI=1S/C32H43N7O3/c1-23-5-2-3-7-28(23)17-18-34-30(40)8-4-6-24-9-13-27(14-10-24)21-36-32-37-22-29(39(41)42)31(38-32)35-20-26-15-11-25(19-33)12-16-26/h2-3,5,7,9-10,13-14,22,25-26H,4,6,8,11-12,15-21,33H2,1H3,(H,34,40)(H2,35,36,37,38). The summed E-state index contributed by atoms with van der Waals surface area (Å²) >= 11 is 0. The molecule has 1 aliphatic carbocycles. The first-order valence-corrected chi connectivity index (χ1v) is 15.0. The van der Waals surface area contributed by atoms with Gasteiger partial charge in [0.2, 0.25) is 17.7 Å². The van der Waals surface area contributed by atoms with Gasteiger partial charge in [0.05, 0.1) is 4.92 Å². The molecule has 1 fully saturated rings. The molecule has 4 rings (SSSR count). The zero-order valence-corrected chi connectivity index (χ0v) is 24.5. The summed E-state index contributed by atoms with van der Waals surface area (Å²) in [7, 11) is 0. The second-order valence-corrected chi connectivity index (χ2v) is 11.2. The number of anilines is 2. The maximum atomic E-state index is 12.2. The van der Waals surface area contributed by atoms with E-state index in [4.69, 9.17) is 5.73 Å². The Morgan fingerprint density at radius 2 is 1.71 bits per heavy atom. The van der Waals surface area contributed by atoms with Gasteiger partial charge in [-0.3, -0.25) is 14.9 Å². The molecular formula is C32H43N7O3. The molecule has 2 aromatic carbocycles. The molecule has 1 aliphatic rings. The van der Waals surface area contributed by atoms with Crippen molar-refractivity contribution in [2.75, 3.05) is 30.3 Å². The number of aromatic nitrogens is 2. The number of rotatable bonds is 15. The molecule has 0 unspecified atom stereocenters. The highest BCUT2D eigenvalue weighted by atomic mass is 16.6. The number of hydrogen-bond donors (Lipinski definition) is 4. The molecule has 1 aromatic heterocycles. The van der Waals surface area contributed by atoms with Crippen LogP contribution in [0.25, 0.3) is 0 Å². The second-order valence-electron chi connectivity index (χ2n) is 11.2. The Morgan fingerprint density at radius 1 is 1.00 bits per heavy atom. The van der Waals surface area contributed by atoms with Gasteiger partial charge in [-0.05, 0) is 92.5 Å². The summed E-state index contributed by atoms with van der Waals surface area (Å²) in [6, 6.07) is 16.4. The van der Waals surface area contributed by atoms with Crippen LogP contribution in [0.2, 0.25) is 0 Å². The van der Waals surface area contributed by atoms with Crippen molar-refractivity contribution in [2.45, 2.75) is 64.8 Å². The van der Waals surface area contributed by atoms with E-state index in [9.17, 15) is 14.9 Å². The fourth-order valence-electron chi connectivity index (χ4n) is 5.41. The van der Waals surface area contributed by atoms with E-state index in [1.165, 1.54) is 22.9 Å². The number of carbonyl (C=O) groups is 1. The normalized spacial score (nSPS) is 16.5. The van der Waals surface area contributed by atoms with Gasteiger partial charge in [-0.25, -0.2) is 4.98 Å². The first kappa shape index (κ1) is 30.9. The van der Waals surface area contributed by atoms with Gasteiger partial charge in [0, 0.05) is 26.1 Å². The number of nitrogens with one attached hydrogen (secondary N) is 3. The van der Waals surface area contributed by atoms with E-state index >= 15 is 0 Å². The molecule has 0 saturated heterocycles. The molecule has 10 heteroatoms. The molecule has 224 valence electrons. The van der Waals surface area contributed by atoms with Crippen LogP contribution in [0.15, 0.2) is 54.7 Å². The Kier molecular flexibility index (Phi) is 11.6. The highest BCUT2D eigenvalue weighted by Crippen LogP contribution is 2.29. The second kappa shape index (κ2) is 15.8. The van der Waals surface area contributed by atoms with Crippen LogP contribution in [-0.4, -0.2) is 40.4 Å². The lowest BCUT2D eigenvalue weighted by molar-refractivity contribution is -0.384. The van der Waals surface area contributed by atoms with E-state index in [1.54, 1.807) is 0 Å². The minimum absolute atomic E-state index is 0.0836. The van der Waals surface area contributed by atoms with Crippen LogP contribution in [0.5, 0.6) is 0 Å². The number of aryl methyl sites for hydroxylation is 2. The lowest BCUT2D eigenvalue weighted by atomic mass is 9.82. The topological polar surface area (TPSA) is 148 Å². The van der Waals surface area contributed by atoms with Crippen molar-refractivity contribution >= 4 is 23.4 Å². The molecule has 1 heterocycles. The molecule has 0 aliphatic heterocycles. The third kappa shape index (κ3) is 9.51. The van der Waals surface area contributed by atoms with E-state index in [2.05, 4.69) is 57.1 Å². The number of amides is 1. The van der Waals surface area contributed by atoms with Gasteiger partial charge in [-0.15, -0.1) is 0 Å². The van der Waals surface area contributed by atoms with Gasteiger partial charge >= 0.3 is 5.69 Å². The Bertz CT molecular complexity index is 1310. The molecule has 42 heavy (non-hydrogen) atoms. The largest absolute Gasteiger partial charge is 0.364 e. The highest BCUT2D eigenvalue weighted by molar-refractivity contribution is 5.75. The number of nitrogens with zero attached hydrogens (tertiary/aromatic N) is 3. The van der Waals surface area contributed by atoms with Crippen LogP contribution in [0.4, 0.5) is 17.5 Å². The molecule has 10 nitrogen and oxygen atoms in total. The predicted molar refractivity (Wildman–Crippen MR) is 166 cm³/mol. The smallest absolute Gasteiger partial charge is 0.329 e. The average Bonchev–Trinajstić information content (AvgIpc) is 3.00. The fourth-order valence-corrected chi connectivity index (χ4v) is 5.41. The van der Waals surface area contributed by atoms with E-state index in [0.29, 0.717) is 43.8 Å².